The van der Waals surface area contributed by atoms with Crippen molar-refractivity contribution < 1.29 is 19.1 Å². The summed E-state index contributed by atoms with van der Waals surface area (Å²) < 4.78 is 5.07. The first-order valence-corrected chi connectivity index (χ1v) is 4.33. The smallest absolute Gasteiger partial charge is 0.305 e. The zero-order chi connectivity index (χ0) is 11.4. The summed E-state index contributed by atoms with van der Waals surface area (Å²) in [6.45, 7) is 1.73. The van der Waals surface area contributed by atoms with Gasteiger partial charge in [-0.3, -0.25) is 14.9 Å². The van der Waals surface area contributed by atoms with Gasteiger partial charge >= 0.3 is 5.97 Å². The van der Waals surface area contributed by atoms with Crippen LogP contribution in [0.2, 0.25) is 0 Å². The van der Waals surface area contributed by atoms with Crippen molar-refractivity contribution in [2.45, 2.75) is 19.4 Å². The molecule has 1 amide bonds. The fraction of sp³-hybridized carbons (Fsp3) is 0.333. The first-order chi connectivity index (χ1) is 6.99. The second-order valence-electron chi connectivity index (χ2n) is 3.10. The standard InChI is InChI=1S/C9H12N2O4/c1-5-2-3-7(15-5)11-9(14)6(10)4-8(12)13/h2-3,6H,4,10H2,1H3,(H,11,14)(H,12,13). The average Bonchev–Trinajstić information content (AvgIpc) is 2.50. The third-order valence-electron chi connectivity index (χ3n) is 1.72. The van der Waals surface area contributed by atoms with E-state index in [9.17, 15) is 9.59 Å². The molecular weight excluding hydrogens is 200 g/mol. The number of aliphatic carboxylic acids is 1. The molecule has 82 valence electrons. The maximum Gasteiger partial charge on any atom is 0.305 e. The number of carbonyl (C=O) groups is 2. The number of hydrogen-bond acceptors (Lipinski definition) is 4. The second-order valence-corrected chi connectivity index (χ2v) is 3.10. The van der Waals surface area contributed by atoms with Crippen LogP contribution in [0.25, 0.3) is 0 Å². The van der Waals surface area contributed by atoms with Gasteiger partial charge in [0.1, 0.15) is 5.76 Å². The number of carboxylic acids is 1. The summed E-state index contributed by atoms with van der Waals surface area (Å²) in [5, 5.41) is 10.8. The molecule has 1 unspecified atom stereocenters. The van der Waals surface area contributed by atoms with Crippen LogP contribution in [0.5, 0.6) is 0 Å². The number of nitrogens with two attached hydrogens (primary N) is 1. The van der Waals surface area contributed by atoms with Crippen molar-refractivity contribution in [3.8, 4) is 0 Å². The molecule has 0 saturated carbocycles. The van der Waals surface area contributed by atoms with E-state index in [4.69, 9.17) is 15.3 Å². The van der Waals surface area contributed by atoms with Crippen LogP contribution in [-0.4, -0.2) is 23.0 Å². The Balaban J connectivity index is 2.52. The van der Waals surface area contributed by atoms with Crippen LogP contribution >= 0.6 is 0 Å². The molecule has 0 spiro atoms. The first-order valence-electron chi connectivity index (χ1n) is 4.33. The Labute approximate surface area is 86.1 Å². The molecule has 1 aromatic rings. The molecule has 0 fully saturated rings. The van der Waals surface area contributed by atoms with E-state index in [0.717, 1.165) is 0 Å². The van der Waals surface area contributed by atoms with Gasteiger partial charge in [-0.2, -0.15) is 0 Å². The molecular formula is C9H12N2O4. The van der Waals surface area contributed by atoms with Crippen LogP contribution in [0.15, 0.2) is 16.5 Å². The van der Waals surface area contributed by atoms with Crippen molar-refractivity contribution in [1.29, 1.82) is 0 Å². The number of carboxylic acid groups (broad SMARTS) is 1. The third-order valence-corrected chi connectivity index (χ3v) is 1.72. The molecule has 0 aliphatic heterocycles. The summed E-state index contributed by atoms with van der Waals surface area (Å²) in [4.78, 5) is 21.6. The highest BCUT2D eigenvalue weighted by Gasteiger charge is 2.17. The van der Waals surface area contributed by atoms with Gasteiger partial charge in [0, 0.05) is 6.07 Å². The minimum absolute atomic E-state index is 0.262. The van der Waals surface area contributed by atoms with Gasteiger partial charge in [0.2, 0.25) is 5.91 Å². The quantitative estimate of drug-likeness (QED) is 0.666. The lowest BCUT2D eigenvalue weighted by atomic mass is 10.2. The molecule has 0 aliphatic carbocycles. The fourth-order valence-electron chi connectivity index (χ4n) is 0.997. The van der Waals surface area contributed by atoms with E-state index in [-0.39, 0.29) is 5.88 Å². The Morgan fingerprint density at radius 1 is 1.60 bits per heavy atom. The molecule has 15 heavy (non-hydrogen) atoms. The minimum Gasteiger partial charge on any atom is -0.481 e. The fourth-order valence-corrected chi connectivity index (χ4v) is 0.997. The highest BCUT2D eigenvalue weighted by Crippen LogP contribution is 2.12. The molecule has 0 radical (unpaired) electrons. The van der Waals surface area contributed by atoms with Gasteiger partial charge in [0.05, 0.1) is 12.5 Å². The Hall–Kier alpha value is -1.82. The number of aryl methyl sites for hydroxylation is 1. The minimum atomic E-state index is -1.12. The van der Waals surface area contributed by atoms with Crippen LogP contribution in [0, 0.1) is 6.92 Å². The van der Waals surface area contributed by atoms with E-state index < -0.39 is 24.3 Å². The maximum atomic E-state index is 11.3. The van der Waals surface area contributed by atoms with Crippen molar-refractivity contribution in [2.75, 3.05) is 5.32 Å². The lowest BCUT2D eigenvalue weighted by Crippen LogP contribution is -2.37. The van der Waals surface area contributed by atoms with Crippen LogP contribution in [0.1, 0.15) is 12.2 Å². The van der Waals surface area contributed by atoms with E-state index in [1.165, 1.54) is 0 Å². The second kappa shape index (κ2) is 4.61. The lowest BCUT2D eigenvalue weighted by molar-refractivity contribution is -0.138. The summed E-state index contributed by atoms with van der Waals surface area (Å²) in [6, 6.07) is 2.17. The van der Waals surface area contributed by atoms with Crippen molar-refractivity contribution in [2.24, 2.45) is 5.73 Å². The van der Waals surface area contributed by atoms with Crippen molar-refractivity contribution >= 4 is 17.8 Å². The molecule has 0 aliphatic rings. The summed E-state index contributed by atoms with van der Waals surface area (Å²) in [7, 11) is 0. The number of furan rings is 1. The predicted molar refractivity (Wildman–Crippen MR) is 52.3 cm³/mol. The first kappa shape index (κ1) is 11.3. The molecule has 1 heterocycles. The van der Waals surface area contributed by atoms with Gasteiger partial charge in [-0.15, -0.1) is 0 Å². The van der Waals surface area contributed by atoms with Crippen LogP contribution in [-0.2, 0) is 9.59 Å². The van der Waals surface area contributed by atoms with Gasteiger partial charge in [-0.25, -0.2) is 0 Å². The van der Waals surface area contributed by atoms with E-state index in [0.29, 0.717) is 5.76 Å². The highest BCUT2D eigenvalue weighted by molar-refractivity contribution is 5.95. The van der Waals surface area contributed by atoms with Crippen LogP contribution in [0.3, 0.4) is 0 Å². The Kier molecular flexibility index (Phi) is 3.46. The van der Waals surface area contributed by atoms with Crippen molar-refractivity contribution in [3.05, 3.63) is 17.9 Å². The summed E-state index contributed by atoms with van der Waals surface area (Å²) in [5.41, 5.74) is 5.34. The Bertz CT molecular complexity index is 372. The summed E-state index contributed by atoms with van der Waals surface area (Å²) >= 11 is 0. The van der Waals surface area contributed by atoms with Gasteiger partial charge in [-0.1, -0.05) is 0 Å². The van der Waals surface area contributed by atoms with E-state index in [2.05, 4.69) is 5.32 Å². The van der Waals surface area contributed by atoms with E-state index in [1.54, 1.807) is 19.1 Å². The topological polar surface area (TPSA) is 106 Å². The maximum absolute atomic E-state index is 11.3. The van der Waals surface area contributed by atoms with Gasteiger partial charge in [0.15, 0.2) is 5.88 Å². The molecule has 0 saturated heterocycles. The molecule has 0 aromatic carbocycles. The monoisotopic (exact) mass is 212 g/mol. The summed E-state index contributed by atoms with van der Waals surface area (Å²) in [6.07, 6.45) is -0.411. The molecule has 6 nitrogen and oxygen atoms in total. The van der Waals surface area contributed by atoms with Gasteiger partial charge in [-0.05, 0) is 13.0 Å². The van der Waals surface area contributed by atoms with Crippen molar-refractivity contribution in [3.63, 3.8) is 0 Å². The molecule has 1 aromatic heterocycles. The average molecular weight is 212 g/mol. The largest absolute Gasteiger partial charge is 0.481 e. The molecule has 6 heteroatoms. The predicted octanol–water partition coefficient (Wildman–Crippen LogP) is 0.329. The normalized spacial score (nSPS) is 12.1. The van der Waals surface area contributed by atoms with E-state index in [1.807, 2.05) is 0 Å². The van der Waals surface area contributed by atoms with Crippen molar-refractivity contribution in [1.82, 2.24) is 0 Å². The van der Waals surface area contributed by atoms with Gasteiger partial charge < -0.3 is 15.3 Å². The molecule has 1 atom stereocenters. The van der Waals surface area contributed by atoms with E-state index >= 15 is 0 Å². The SMILES string of the molecule is Cc1ccc(NC(=O)C(N)CC(=O)O)o1. The third kappa shape index (κ3) is 3.43. The Morgan fingerprint density at radius 2 is 2.27 bits per heavy atom. The zero-order valence-electron chi connectivity index (χ0n) is 8.19. The molecule has 1 rings (SSSR count). The zero-order valence-corrected chi connectivity index (χ0v) is 8.19. The molecule has 4 N–H and O–H groups in total. The number of carbonyl (C=O) groups excluding carboxylic acids is 1. The lowest BCUT2D eigenvalue weighted by Gasteiger charge is -2.07. The summed E-state index contributed by atoms with van der Waals surface area (Å²) in [5.74, 6) is -0.782. The number of rotatable bonds is 4. The van der Waals surface area contributed by atoms with Gasteiger partial charge in [0.25, 0.3) is 0 Å². The molecule has 0 bridgehead atoms. The number of anilines is 1. The van der Waals surface area contributed by atoms with Crippen LogP contribution in [0.4, 0.5) is 5.88 Å². The number of amides is 1. The highest BCUT2D eigenvalue weighted by atomic mass is 16.4. The number of nitrogens with one attached hydrogen (secondary N) is 1. The Morgan fingerprint density at radius 3 is 2.73 bits per heavy atom. The number of hydrogen-bond donors (Lipinski definition) is 3. The van der Waals surface area contributed by atoms with Crippen LogP contribution < -0.4 is 11.1 Å².